The molecule has 3 saturated carbocycles. The average Bonchev–Trinajstić information content (AvgIpc) is 2.95. The van der Waals surface area contributed by atoms with E-state index in [9.17, 15) is 14.4 Å². The number of nitrogens with zero attached hydrogens (tertiary/aromatic N) is 2. The lowest BCUT2D eigenvalue weighted by Crippen LogP contribution is -2.64. The lowest BCUT2D eigenvalue weighted by Gasteiger charge is -2.69. The van der Waals surface area contributed by atoms with Gasteiger partial charge in [0.05, 0.1) is 6.57 Å². The molecule has 0 bridgehead atoms. The summed E-state index contributed by atoms with van der Waals surface area (Å²) in [6, 6.07) is 0. The largest absolute Gasteiger partial charge is 0.343 e. The Morgan fingerprint density at radius 1 is 0.953 bits per heavy atom. The standard InChI is InChI=1S/C38H54N2O3/c1-33(2)16-18-38(15-13-30(42)40-20-10-9-11-21-40)19-17-37(7)31(25(38)23-33)27(41)22-29-35(5)24-26(39-8)32(43)34(3,4)28(35)12-14-36(29,37)6/h22,24-25,28,31H,9-21,23H2,1-7H3/t25-,28-,31-,35-,36+,37+,38+/m0/s1. The normalized spacial score (nSPS) is 43.2. The third kappa shape index (κ3) is 4.31. The quantitative estimate of drug-likeness (QED) is 0.312. The summed E-state index contributed by atoms with van der Waals surface area (Å²) in [6.07, 6.45) is 16.2. The minimum atomic E-state index is -0.637. The SMILES string of the molecule is [C-]#[N+]C1=C[C@]2(C)C3=CC(=O)[C@@H]4[C@@H]5CC(C)(C)CC[C@]5(CCC(=O)N5CCCCC5)CC[C@@]4(C)[C@]3(C)CC[C@H]2C(C)(C)C1=O. The van der Waals surface area contributed by atoms with Gasteiger partial charge in [0.1, 0.15) is 0 Å². The van der Waals surface area contributed by atoms with Crippen LogP contribution in [0.1, 0.15) is 126 Å². The molecule has 1 aliphatic heterocycles. The summed E-state index contributed by atoms with van der Waals surface area (Å²) in [5, 5.41) is 0. The number of carbonyl (C=O) groups is 3. The Balaban J connectivity index is 1.40. The molecule has 0 spiro atoms. The molecule has 5 aliphatic carbocycles. The highest BCUT2D eigenvalue weighted by Crippen LogP contribution is 2.75. The van der Waals surface area contributed by atoms with E-state index >= 15 is 0 Å². The van der Waals surface area contributed by atoms with Gasteiger partial charge < -0.3 is 9.69 Å². The first kappa shape index (κ1) is 30.8. The third-order valence-electron chi connectivity index (χ3n) is 14.6. The molecule has 5 heteroatoms. The molecule has 6 aliphatic rings. The second kappa shape index (κ2) is 9.89. The van der Waals surface area contributed by atoms with Crippen LogP contribution < -0.4 is 0 Å². The molecule has 7 atom stereocenters. The number of allylic oxidation sites excluding steroid dienone is 4. The number of likely N-dealkylation sites (tertiary alicyclic amines) is 1. The van der Waals surface area contributed by atoms with Gasteiger partial charge in [0.25, 0.3) is 0 Å². The number of hydrogen-bond acceptors (Lipinski definition) is 3. The monoisotopic (exact) mass is 586 g/mol. The Kier molecular flexibility index (Phi) is 7.08. The maximum Gasteiger partial charge on any atom is 0.226 e. The van der Waals surface area contributed by atoms with Crippen LogP contribution in [0.3, 0.4) is 0 Å². The Morgan fingerprint density at radius 2 is 1.63 bits per heavy atom. The van der Waals surface area contributed by atoms with Gasteiger partial charge in [-0.1, -0.05) is 60.1 Å². The number of Topliss-reactive ketones (excluding diaryl/α,β-unsaturated/α-hetero) is 1. The van der Waals surface area contributed by atoms with Gasteiger partial charge in [-0.25, -0.2) is 4.85 Å². The molecule has 0 unspecified atom stereocenters. The van der Waals surface area contributed by atoms with Gasteiger partial charge in [0, 0.05) is 36.3 Å². The van der Waals surface area contributed by atoms with Crippen LogP contribution in [0.25, 0.3) is 4.85 Å². The zero-order valence-electron chi connectivity index (χ0n) is 27.9. The molecule has 4 fully saturated rings. The van der Waals surface area contributed by atoms with Crippen molar-refractivity contribution < 1.29 is 14.4 Å². The summed E-state index contributed by atoms with van der Waals surface area (Å²) in [5.74, 6) is 0.823. The van der Waals surface area contributed by atoms with Gasteiger partial charge >= 0.3 is 0 Å². The molecule has 0 aromatic heterocycles. The highest BCUT2D eigenvalue weighted by Gasteiger charge is 2.69. The van der Waals surface area contributed by atoms with Crippen molar-refractivity contribution in [1.82, 2.24) is 4.90 Å². The van der Waals surface area contributed by atoms with Crippen LogP contribution in [-0.4, -0.2) is 35.5 Å². The van der Waals surface area contributed by atoms with Gasteiger partial charge in [-0.15, -0.1) is 0 Å². The summed E-state index contributed by atoms with van der Waals surface area (Å²) in [6.45, 7) is 25.4. The molecule has 1 amide bonds. The zero-order valence-corrected chi connectivity index (χ0v) is 27.9. The van der Waals surface area contributed by atoms with E-state index in [0.29, 0.717) is 12.3 Å². The number of carbonyl (C=O) groups excluding carboxylic acids is 3. The Hall–Kier alpha value is -2.22. The summed E-state index contributed by atoms with van der Waals surface area (Å²) >= 11 is 0. The first-order valence-electron chi connectivity index (χ1n) is 17.2. The molecule has 0 aromatic carbocycles. The van der Waals surface area contributed by atoms with Gasteiger partial charge in [0.2, 0.25) is 11.6 Å². The molecule has 6 rings (SSSR count). The van der Waals surface area contributed by atoms with Crippen molar-refractivity contribution in [2.24, 2.45) is 50.2 Å². The molecular weight excluding hydrogens is 532 g/mol. The van der Waals surface area contributed by atoms with Crippen molar-refractivity contribution in [3.8, 4) is 0 Å². The summed E-state index contributed by atoms with van der Waals surface area (Å²) < 4.78 is 0. The average molecular weight is 587 g/mol. The topological polar surface area (TPSA) is 58.8 Å². The number of rotatable bonds is 3. The van der Waals surface area contributed by atoms with Crippen molar-refractivity contribution in [2.45, 2.75) is 126 Å². The number of hydrogen-bond donors (Lipinski definition) is 0. The minimum absolute atomic E-state index is 0.0417. The van der Waals surface area contributed by atoms with E-state index in [1.807, 2.05) is 26.0 Å². The van der Waals surface area contributed by atoms with Gasteiger partial charge in [-0.05, 0) is 110 Å². The number of fused-ring (bicyclic) bond motifs is 7. The minimum Gasteiger partial charge on any atom is -0.343 e. The molecule has 0 aromatic rings. The number of ketones is 2. The highest BCUT2D eigenvalue weighted by atomic mass is 16.2. The van der Waals surface area contributed by atoms with Crippen molar-refractivity contribution in [3.05, 3.63) is 34.8 Å². The summed E-state index contributed by atoms with van der Waals surface area (Å²) in [4.78, 5) is 47.2. The van der Waals surface area contributed by atoms with E-state index < -0.39 is 10.8 Å². The summed E-state index contributed by atoms with van der Waals surface area (Å²) in [7, 11) is 0. The fraction of sp³-hybridized carbons (Fsp3) is 0.789. The lowest BCUT2D eigenvalue weighted by molar-refractivity contribution is -0.173. The molecular formula is C38H54N2O3. The maximum absolute atomic E-state index is 14.7. The van der Waals surface area contributed by atoms with Crippen molar-refractivity contribution in [1.29, 1.82) is 0 Å². The smallest absolute Gasteiger partial charge is 0.226 e. The highest BCUT2D eigenvalue weighted by molar-refractivity contribution is 6.03. The molecule has 1 heterocycles. The number of amides is 1. The van der Waals surface area contributed by atoms with Crippen LogP contribution in [-0.2, 0) is 14.4 Å². The molecule has 1 saturated heterocycles. The molecule has 0 radical (unpaired) electrons. The van der Waals surface area contributed by atoms with Crippen LogP contribution in [0.2, 0.25) is 0 Å². The first-order chi connectivity index (χ1) is 20.0. The fourth-order valence-electron chi connectivity index (χ4n) is 11.8. The Morgan fingerprint density at radius 3 is 2.30 bits per heavy atom. The van der Waals surface area contributed by atoms with Crippen LogP contribution in [0.5, 0.6) is 0 Å². The van der Waals surface area contributed by atoms with Crippen LogP contribution in [0, 0.1) is 56.8 Å². The lowest BCUT2D eigenvalue weighted by atomic mass is 9.34. The van der Waals surface area contributed by atoms with E-state index in [2.05, 4.69) is 44.4 Å². The predicted molar refractivity (Wildman–Crippen MR) is 170 cm³/mol. The van der Waals surface area contributed by atoms with Gasteiger partial charge in [-0.3, -0.25) is 9.59 Å². The van der Waals surface area contributed by atoms with Crippen molar-refractivity contribution >= 4 is 17.5 Å². The number of piperidine rings is 1. The van der Waals surface area contributed by atoms with E-state index in [-0.39, 0.29) is 56.7 Å². The first-order valence-corrected chi connectivity index (χ1v) is 17.2. The van der Waals surface area contributed by atoms with E-state index in [0.717, 1.165) is 77.3 Å². The van der Waals surface area contributed by atoms with Crippen molar-refractivity contribution in [3.63, 3.8) is 0 Å². The van der Waals surface area contributed by atoms with Crippen LogP contribution >= 0.6 is 0 Å². The fourth-order valence-corrected chi connectivity index (χ4v) is 11.8. The molecule has 0 N–H and O–H groups in total. The second-order valence-electron chi connectivity index (χ2n) is 17.5. The summed E-state index contributed by atoms with van der Waals surface area (Å²) in [5.41, 5.74) is 0.122. The van der Waals surface area contributed by atoms with Gasteiger partial charge in [-0.2, -0.15) is 0 Å². The molecule has 5 nitrogen and oxygen atoms in total. The molecule has 234 valence electrons. The van der Waals surface area contributed by atoms with Crippen LogP contribution in [0.15, 0.2) is 23.4 Å². The van der Waals surface area contributed by atoms with E-state index in [1.165, 1.54) is 12.0 Å². The van der Waals surface area contributed by atoms with Gasteiger partial charge in [0.15, 0.2) is 11.6 Å². The zero-order chi connectivity index (χ0) is 31.2. The van der Waals surface area contributed by atoms with Crippen LogP contribution in [0.4, 0.5) is 0 Å². The Bertz CT molecular complexity index is 1340. The van der Waals surface area contributed by atoms with Crippen molar-refractivity contribution in [2.75, 3.05) is 13.1 Å². The third-order valence-corrected chi connectivity index (χ3v) is 14.6. The predicted octanol–water partition coefficient (Wildman–Crippen LogP) is 8.35. The van der Waals surface area contributed by atoms with E-state index in [4.69, 9.17) is 6.57 Å². The molecule has 43 heavy (non-hydrogen) atoms. The maximum atomic E-state index is 14.7. The Labute approximate surface area is 260 Å². The van der Waals surface area contributed by atoms with E-state index in [1.54, 1.807) is 0 Å². The second-order valence-corrected chi connectivity index (χ2v) is 17.5.